The number of piperidine rings is 1. The van der Waals surface area contributed by atoms with Crippen LogP contribution in [-0.2, 0) is 0 Å². The lowest BCUT2D eigenvalue weighted by Gasteiger charge is -2.32. The first-order valence-corrected chi connectivity index (χ1v) is 9.98. The van der Waals surface area contributed by atoms with E-state index in [1.54, 1.807) is 17.0 Å². The molecule has 0 radical (unpaired) electrons. The molecule has 1 fully saturated rings. The first-order chi connectivity index (χ1) is 14.5. The Morgan fingerprint density at radius 1 is 1.23 bits per heavy atom. The molecule has 1 atom stereocenters. The number of halogens is 2. The zero-order chi connectivity index (χ0) is 21.1. The molecule has 1 aliphatic heterocycles. The van der Waals surface area contributed by atoms with Gasteiger partial charge >= 0.3 is 12.0 Å². The predicted molar refractivity (Wildman–Crippen MR) is 113 cm³/mol. The van der Waals surface area contributed by atoms with Crippen molar-refractivity contribution < 1.29 is 13.6 Å². The van der Waals surface area contributed by atoms with Crippen molar-refractivity contribution >= 4 is 29.7 Å². The molecule has 0 spiro atoms. The Kier molecular flexibility index (Phi) is 5.81. The first-order valence-electron chi connectivity index (χ1n) is 9.60. The van der Waals surface area contributed by atoms with Gasteiger partial charge in [0, 0.05) is 24.2 Å². The molecule has 0 saturated carbocycles. The van der Waals surface area contributed by atoms with E-state index in [0.29, 0.717) is 31.0 Å². The van der Waals surface area contributed by atoms with Crippen LogP contribution in [0, 0.1) is 11.7 Å². The molecule has 1 N–H and O–H groups in total. The van der Waals surface area contributed by atoms with Gasteiger partial charge in [-0.1, -0.05) is 65.6 Å². The summed E-state index contributed by atoms with van der Waals surface area (Å²) in [5, 5.41) is 10.6. The number of rotatable bonds is 3. The molecule has 6 nitrogen and oxygen atoms in total. The minimum absolute atomic E-state index is 0.0499. The number of benzene rings is 2. The van der Waals surface area contributed by atoms with Crippen LogP contribution in [-0.4, -0.2) is 34.2 Å². The lowest BCUT2D eigenvalue weighted by atomic mass is 9.91. The van der Waals surface area contributed by atoms with Crippen molar-refractivity contribution in [2.24, 2.45) is 5.92 Å². The highest BCUT2D eigenvalue weighted by molar-refractivity contribution is 6.30. The molecule has 1 unspecified atom stereocenters. The van der Waals surface area contributed by atoms with Gasteiger partial charge in [0.2, 0.25) is 5.89 Å². The fourth-order valence-electron chi connectivity index (χ4n) is 3.42. The van der Waals surface area contributed by atoms with Crippen molar-refractivity contribution in [2.75, 3.05) is 18.4 Å². The standard InChI is InChI=1S/C22H20ClFN4O2/c1-14-13-28(11-10-16(14)12-17-8-5-9-18(23)19(17)24)22(29)25-21-27-26-20(30-21)15-6-3-2-4-7-15/h2-9,12,14H,10-11,13H2,1H3,(H,25,27,29)/b16-12+. The first kappa shape index (κ1) is 20.1. The van der Waals surface area contributed by atoms with Gasteiger partial charge in [0.15, 0.2) is 0 Å². The SMILES string of the molecule is CC1CN(C(=O)Nc2nnc(-c3ccccc3)o2)CC/C1=C\c1cccc(Cl)c1F. The summed E-state index contributed by atoms with van der Waals surface area (Å²) in [7, 11) is 0. The van der Waals surface area contributed by atoms with Crippen molar-refractivity contribution in [1.82, 2.24) is 15.1 Å². The summed E-state index contributed by atoms with van der Waals surface area (Å²) in [6, 6.07) is 14.0. The smallest absolute Gasteiger partial charge is 0.325 e. The molecule has 4 rings (SSSR count). The zero-order valence-electron chi connectivity index (χ0n) is 16.3. The average molecular weight is 427 g/mol. The van der Waals surface area contributed by atoms with E-state index < -0.39 is 5.82 Å². The van der Waals surface area contributed by atoms with E-state index in [2.05, 4.69) is 15.5 Å². The molecule has 154 valence electrons. The summed E-state index contributed by atoms with van der Waals surface area (Å²) in [6.45, 7) is 3.01. The number of urea groups is 1. The Balaban J connectivity index is 1.40. The molecule has 1 aromatic heterocycles. The monoisotopic (exact) mass is 426 g/mol. The highest BCUT2D eigenvalue weighted by Gasteiger charge is 2.26. The number of nitrogens with zero attached hydrogens (tertiary/aromatic N) is 3. The quantitative estimate of drug-likeness (QED) is 0.601. The van der Waals surface area contributed by atoms with E-state index in [1.165, 1.54) is 6.07 Å². The van der Waals surface area contributed by atoms with Crippen LogP contribution in [0.3, 0.4) is 0 Å². The summed E-state index contributed by atoms with van der Waals surface area (Å²) in [5.41, 5.74) is 2.31. The molecule has 1 saturated heterocycles. The molecule has 0 bridgehead atoms. The maximum Gasteiger partial charge on any atom is 0.325 e. The van der Waals surface area contributed by atoms with Gasteiger partial charge in [0.25, 0.3) is 0 Å². The van der Waals surface area contributed by atoms with Crippen molar-refractivity contribution in [3.63, 3.8) is 0 Å². The van der Waals surface area contributed by atoms with Crippen LogP contribution in [0.15, 0.2) is 58.5 Å². The largest absolute Gasteiger partial charge is 0.403 e. The fraction of sp³-hybridized carbons (Fsp3) is 0.227. The highest BCUT2D eigenvalue weighted by atomic mass is 35.5. The van der Waals surface area contributed by atoms with E-state index in [0.717, 1.165) is 11.1 Å². The molecule has 0 aliphatic carbocycles. The van der Waals surface area contributed by atoms with E-state index in [-0.39, 0.29) is 23.0 Å². The van der Waals surface area contributed by atoms with Gasteiger partial charge in [-0.25, -0.2) is 9.18 Å². The highest BCUT2D eigenvalue weighted by Crippen LogP contribution is 2.28. The number of aromatic nitrogens is 2. The molecule has 3 aromatic rings. The lowest BCUT2D eigenvalue weighted by Crippen LogP contribution is -2.42. The normalized spacial score (nSPS) is 17.9. The summed E-state index contributed by atoms with van der Waals surface area (Å²) in [4.78, 5) is 14.3. The van der Waals surface area contributed by atoms with E-state index in [4.69, 9.17) is 16.0 Å². The molecular weight excluding hydrogens is 407 g/mol. The molecule has 2 amide bonds. The van der Waals surface area contributed by atoms with E-state index in [1.807, 2.05) is 43.3 Å². The molecule has 2 heterocycles. The van der Waals surface area contributed by atoms with Crippen LogP contribution in [0.4, 0.5) is 15.2 Å². The Morgan fingerprint density at radius 2 is 2.03 bits per heavy atom. The van der Waals surface area contributed by atoms with Crippen LogP contribution < -0.4 is 5.32 Å². The third-order valence-electron chi connectivity index (χ3n) is 5.07. The van der Waals surface area contributed by atoms with Gasteiger partial charge in [0.05, 0.1) is 5.02 Å². The van der Waals surface area contributed by atoms with Crippen LogP contribution >= 0.6 is 11.6 Å². The second kappa shape index (κ2) is 8.67. The third kappa shape index (κ3) is 4.36. The third-order valence-corrected chi connectivity index (χ3v) is 5.36. The van der Waals surface area contributed by atoms with Gasteiger partial charge in [-0.3, -0.25) is 5.32 Å². The Bertz CT molecular complexity index is 1080. The summed E-state index contributed by atoms with van der Waals surface area (Å²) >= 11 is 5.87. The number of hydrogen-bond acceptors (Lipinski definition) is 4. The van der Waals surface area contributed by atoms with Crippen molar-refractivity contribution in [2.45, 2.75) is 13.3 Å². The van der Waals surface area contributed by atoms with Crippen molar-refractivity contribution in [3.8, 4) is 11.5 Å². The molecule has 8 heteroatoms. The maximum atomic E-state index is 14.2. The van der Waals surface area contributed by atoms with Gasteiger partial charge < -0.3 is 9.32 Å². The van der Waals surface area contributed by atoms with Crippen molar-refractivity contribution in [3.05, 3.63) is 70.5 Å². The van der Waals surface area contributed by atoms with Crippen LogP contribution in [0.25, 0.3) is 17.5 Å². The predicted octanol–water partition coefficient (Wildman–Crippen LogP) is 5.49. The second-order valence-electron chi connectivity index (χ2n) is 7.17. The fourth-order valence-corrected chi connectivity index (χ4v) is 3.60. The number of carbonyl (C=O) groups excluding carboxylic acids is 1. The van der Waals surface area contributed by atoms with E-state index >= 15 is 0 Å². The number of anilines is 1. The summed E-state index contributed by atoms with van der Waals surface area (Å²) < 4.78 is 19.7. The number of likely N-dealkylation sites (tertiary alicyclic amines) is 1. The summed E-state index contributed by atoms with van der Waals surface area (Å²) in [6.07, 6.45) is 2.46. The lowest BCUT2D eigenvalue weighted by molar-refractivity contribution is 0.197. The Morgan fingerprint density at radius 3 is 2.80 bits per heavy atom. The zero-order valence-corrected chi connectivity index (χ0v) is 17.1. The topological polar surface area (TPSA) is 71.3 Å². The van der Waals surface area contributed by atoms with Crippen molar-refractivity contribution in [1.29, 1.82) is 0 Å². The molecule has 1 aliphatic rings. The van der Waals surface area contributed by atoms with Gasteiger partial charge in [-0.15, -0.1) is 5.10 Å². The molecule has 2 aromatic carbocycles. The van der Waals surface area contributed by atoms with Gasteiger partial charge in [0.1, 0.15) is 5.82 Å². The maximum absolute atomic E-state index is 14.2. The minimum atomic E-state index is -0.426. The average Bonchev–Trinajstić information content (AvgIpc) is 3.22. The van der Waals surface area contributed by atoms with Gasteiger partial charge in [-0.05, 0) is 30.5 Å². The number of amides is 2. The molecular formula is C22H20ClFN4O2. The van der Waals surface area contributed by atoms with Crippen LogP contribution in [0.5, 0.6) is 0 Å². The van der Waals surface area contributed by atoms with Crippen LogP contribution in [0.2, 0.25) is 5.02 Å². The summed E-state index contributed by atoms with van der Waals surface area (Å²) in [5.74, 6) is -0.0122. The number of nitrogens with one attached hydrogen (secondary N) is 1. The Hall–Kier alpha value is -3.19. The second-order valence-corrected chi connectivity index (χ2v) is 7.58. The Labute approximate surface area is 178 Å². The number of carbonyl (C=O) groups is 1. The molecule has 30 heavy (non-hydrogen) atoms. The minimum Gasteiger partial charge on any atom is -0.403 e. The van der Waals surface area contributed by atoms with Gasteiger partial charge in [-0.2, -0.15) is 0 Å². The van der Waals surface area contributed by atoms with E-state index in [9.17, 15) is 9.18 Å². The number of hydrogen-bond donors (Lipinski definition) is 1. The van der Waals surface area contributed by atoms with Crippen LogP contribution in [0.1, 0.15) is 18.9 Å².